The number of amides is 1. The molecule has 1 heterocycles. The number of halogens is 3. The van der Waals surface area contributed by atoms with Gasteiger partial charge in [-0.05, 0) is 16.3 Å². The van der Waals surface area contributed by atoms with Crippen molar-refractivity contribution in [2.24, 2.45) is 0 Å². The van der Waals surface area contributed by atoms with E-state index in [-0.39, 0.29) is 12.4 Å². The predicted molar refractivity (Wildman–Crippen MR) is 73.4 cm³/mol. The van der Waals surface area contributed by atoms with E-state index < -0.39 is 24.7 Å². The lowest BCUT2D eigenvalue weighted by molar-refractivity contribution is -0.103. The summed E-state index contributed by atoms with van der Waals surface area (Å²) in [5.41, 5.74) is 0.403. The SMILES string of the molecule is Cl.O=C1N[C@@H](c2cccc3ccccc23)C(F)(F)CO1. The molecule has 0 aliphatic carbocycles. The van der Waals surface area contributed by atoms with Crippen LogP contribution in [0, 0.1) is 0 Å². The number of carbonyl (C=O) groups is 1. The van der Waals surface area contributed by atoms with Crippen molar-refractivity contribution in [1.82, 2.24) is 5.32 Å². The Morgan fingerprint density at radius 2 is 1.85 bits per heavy atom. The molecular weight excluding hydrogens is 288 g/mol. The van der Waals surface area contributed by atoms with Crippen LogP contribution < -0.4 is 5.32 Å². The molecule has 6 heteroatoms. The Morgan fingerprint density at radius 3 is 2.65 bits per heavy atom. The normalized spacial score (nSPS) is 20.7. The molecule has 3 nitrogen and oxygen atoms in total. The second-order valence-electron chi connectivity index (χ2n) is 4.48. The highest BCUT2D eigenvalue weighted by atomic mass is 35.5. The number of hydrogen-bond acceptors (Lipinski definition) is 2. The highest BCUT2D eigenvalue weighted by molar-refractivity contribution is 5.87. The van der Waals surface area contributed by atoms with Crippen LogP contribution in [0.1, 0.15) is 11.6 Å². The number of cyclic esters (lactones) is 1. The second-order valence-corrected chi connectivity index (χ2v) is 4.48. The Balaban J connectivity index is 0.00000147. The first kappa shape index (κ1) is 14.5. The number of ether oxygens (including phenoxy) is 1. The summed E-state index contributed by atoms with van der Waals surface area (Å²) in [6.07, 6.45) is -0.816. The van der Waals surface area contributed by atoms with Gasteiger partial charge in [0, 0.05) is 0 Å². The molecule has 0 bridgehead atoms. The second kappa shape index (κ2) is 5.25. The first-order valence-corrected chi connectivity index (χ1v) is 5.87. The monoisotopic (exact) mass is 299 g/mol. The molecule has 1 aliphatic rings. The highest BCUT2D eigenvalue weighted by Crippen LogP contribution is 2.37. The third-order valence-corrected chi connectivity index (χ3v) is 3.21. The van der Waals surface area contributed by atoms with E-state index in [1.165, 1.54) is 0 Å². The van der Waals surface area contributed by atoms with Crippen molar-refractivity contribution in [1.29, 1.82) is 0 Å². The summed E-state index contributed by atoms with van der Waals surface area (Å²) in [4.78, 5) is 11.2. The molecule has 1 N–H and O–H groups in total. The molecular formula is C14H12ClF2NO2. The lowest BCUT2D eigenvalue weighted by Gasteiger charge is -2.32. The Labute approximate surface area is 120 Å². The number of rotatable bonds is 1. The van der Waals surface area contributed by atoms with Gasteiger partial charge < -0.3 is 10.1 Å². The molecule has 20 heavy (non-hydrogen) atoms. The van der Waals surface area contributed by atoms with E-state index in [4.69, 9.17) is 0 Å². The van der Waals surface area contributed by atoms with Crippen LogP contribution in [0.2, 0.25) is 0 Å². The topological polar surface area (TPSA) is 38.3 Å². The van der Waals surface area contributed by atoms with Gasteiger partial charge in [-0.2, -0.15) is 0 Å². The largest absolute Gasteiger partial charge is 0.443 e. The van der Waals surface area contributed by atoms with Crippen molar-refractivity contribution >= 4 is 29.3 Å². The highest BCUT2D eigenvalue weighted by Gasteiger charge is 2.47. The summed E-state index contributed by atoms with van der Waals surface area (Å²) in [5.74, 6) is -3.13. The van der Waals surface area contributed by atoms with Crippen molar-refractivity contribution in [3.8, 4) is 0 Å². The maximum Gasteiger partial charge on any atom is 0.408 e. The Hall–Kier alpha value is -1.88. The van der Waals surface area contributed by atoms with Crippen LogP contribution in [0.15, 0.2) is 42.5 Å². The van der Waals surface area contributed by atoms with Gasteiger partial charge in [0.2, 0.25) is 0 Å². The van der Waals surface area contributed by atoms with E-state index in [0.29, 0.717) is 10.9 Å². The number of benzene rings is 2. The molecule has 1 aliphatic heterocycles. The average Bonchev–Trinajstić information content (AvgIpc) is 2.41. The smallest absolute Gasteiger partial charge is 0.408 e. The van der Waals surface area contributed by atoms with E-state index >= 15 is 0 Å². The molecule has 0 spiro atoms. The summed E-state index contributed by atoms with van der Waals surface area (Å²) in [6.45, 7) is -0.896. The molecule has 1 atom stereocenters. The summed E-state index contributed by atoms with van der Waals surface area (Å²) in [6, 6.07) is 11.0. The standard InChI is InChI=1S/C14H11F2NO2.ClH/c15-14(16)8-19-13(18)17-12(14)11-7-3-5-9-4-1-2-6-10(9)11;/h1-7,12H,8H2,(H,17,18);1H/t12-;/m0./s1. The summed E-state index contributed by atoms with van der Waals surface area (Å²) >= 11 is 0. The number of alkyl carbamates (subject to hydrolysis) is 1. The molecule has 106 valence electrons. The fourth-order valence-electron chi connectivity index (χ4n) is 2.32. The number of nitrogens with one attached hydrogen (secondary N) is 1. The van der Waals surface area contributed by atoms with Crippen LogP contribution in [-0.2, 0) is 4.74 Å². The van der Waals surface area contributed by atoms with Crippen LogP contribution in [0.4, 0.5) is 13.6 Å². The van der Waals surface area contributed by atoms with Crippen LogP contribution in [-0.4, -0.2) is 18.6 Å². The zero-order valence-corrected chi connectivity index (χ0v) is 11.1. The van der Waals surface area contributed by atoms with Gasteiger partial charge in [0.25, 0.3) is 0 Å². The molecule has 0 unspecified atom stereocenters. The molecule has 3 rings (SSSR count). The van der Waals surface area contributed by atoms with Gasteiger partial charge in [0.1, 0.15) is 6.04 Å². The zero-order chi connectivity index (χ0) is 13.5. The third-order valence-electron chi connectivity index (χ3n) is 3.21. The molecule has 2 aromatic carbocycles. The fraction of sp³-hybridized carbons (Fsp3) is 0.214. The van der Waals surface area contributed by atoms with Crippen molar-refractivity contribution in [2.45, 2.75) is 12.0 Å². The maximum absolute atomic E-state index is 13.9. The Morgan fingerprint density at radius 1 is 1.15 bits per heavy atom. The lowest BCUT2D eigenvalue weighted by Crippen LogP contribution is -2.49. The van der Waals surface area contributed by atoms with Crippen molar-refractivity contribution in [2.75, 3.05) is 6.61 Å². The van der Waals surface area contributed by atoms with Crippen LogP contribution in [0.5, 0.6) is 0 Å². The van der Waals surface area contributed by atoms with Gasteiger partial charge in [0.15, 0.2) is 6.61 Å². The zero-order valence-electron chi connectivity index (χ0n) is 10.3. The Bertz CT molecular complexity index is 643. The average molecular weight is 300 g/mol. The van der Waals surface area contributed by atoms with Gasteiger partial charge in [-0.3, -0.25) is 0 Å². The molecule has 2 aromatic rings. The fourth-order valence-corrected chi connectivity index (χ4v) is 2.32. The summed E-state index contributed by atoms with van der Waals surface area (Å²) in [7, 11) is 0. The van der Waals surface area contributed by atoms with Gasteiger partial charge >= 0.3 is 12.0 Å². The maximum atomic E-state index is 13.9. The van der Waals surface area contributed by atoms with E-state index in [1.807, 2.05) is 18.2 Å². The molecule has 1 amide bonds. The minimum absolute atomic E-state index is 0. The van der Waals surface area contributed by atoms with Crippen molar-refractivity contribution in [3.63, 3.8) is 0 Å². The number of carbonyl (C=O) groups excluding carboxylic acids is 1. The quantitative estimate of drug-likeness (QED) is 0.872. The number of fused-ring (bicyclic) bond motifs is 1. The molecule has 0 aromatic heterocycles. The first-order chi connectivity index (χ1) is 9.08. The third kappa shape index (κ3) is 2.41. The van der Waals surface area contributed by atoms with Gasteiger partial charge in [-0.15, -0.1) is 12.4 Å². The summed E-state index contributed by atoms with van der Waals surface area (Å²) < 4.78 is 32.2. The van der Waals surface area contributed by atoms with E-state index in [9.17, 15) is 13.6 Å². The lowest BCUT2D eigenvalue weighted by atomic mass is 9.94. The van der Waals surface area contributed by atoms with E-state index in [2.05, 4.69) is 10.1 Å². The van der Waals surface area contributed by atoms with E-state index in [0.717, 1.165) is 5.39 Å². The van der Waals surface area contributed by atoms with Crippen LogP contribution in [0.25, 0.3) is 10.8 Å². The minimum atomic E-state index is -3.13. The Kier molecular flexibility index (Phi) is 3.81. The number of alkyl halides is 2. The van der Waals surface area contributed by atoms with Gasteiger partial charge in [0.05, 0.1) is 0 Å². The van der Waals surface area contributed by atoms with Crippen LogP contribution >= 0.6 is 12.4 Å². The van der Waals surface area contributed by atoms with Crippen LogP contribution in [0.3, 0.4) is 0 Å². The summed E-state index contributed by atoms with van der Waals surface area (Å²) in [5, 5.41) is 3.77. The van der Waals surface area contributed by atoms with Crippen molar-refractivity contribution in [3.05, 3.63) is 48.0 Å². The molecule has 0 radical (unpaired) electrons. The van der Waals surface area contributed by atoms with Gasteiger partial charge in [-0.1, -0.05) is 42.5 Å². The molecule has 1 fully saturated rings. The molecule has 0 saturated carbocycles. The minimum Gasteiger partial charge on any atom is -0.443 e. The predicted octanol–water partition coefficient (Wildman–Crippen LogP) is 3.68. The number of hydrogen-bond donors (Lipinski definition) is 1. The first-order valence-electron chi connectivity index (χ1n) is 5.87. The molecule has 1 saturated heterocycles. The van der Waals surface area contributed by atoms with Gasteiger partial charge in [-0.25, -0.2) is 13.6 Å². The van der Waals surface area contributed by atoms with E-state index in [1.54, 1.807) is 24.3 Å². The van der Waals surface area contributed by atoms with Crippen molar-refractivity contribution < 1.29 is 18.3 Å².